The second kappa shape index (κ2) is 4.68. The zero-order valence-electron chi connectivity index (χ0n) is 8.77. The summed E-state index contributed by atoms with van der Waals surface area (Å²) in [5.74, 6) is 0.00574. The van der Waals surface area contributed by atoms with Gasteiger partial charge < -0.3 is 14.9 Å². The summed E-state index contributed by atoms with van der Waals surface area (Å²) in [6.45, 7) is 3.71. The Hall–Kier alpha value is -1.72. The van der Waals surface area contributed by atoms with E-state index in [0.29, 0.717) is 24.9 Å². The van der Waals surface area contributed by atoms with Gasteiger partial charge in [0.1, 0.15) is 5.78 Å². The highest BCUT2D eigenvalue weighted by Gasteiger charge is 2.16. The van der Waals surface area contributed by atoms with E-state index in [1.807, 2.05) is 0 Å². The summed E-state index contributed by atoms with van der Waals surface area (Å²) in [5.41, 5.74) is 0.544. The molecule has 0 aliphatic carbocycles. The molecule has 0 saturated carbocycles. The number of aryl methyl sites for hydroxylation is 2. The van der Waals surface area contributed by atoms with Gasteiger partial charge in [-0.1, -0.05) is 0 Å². The van der Waals surface area contributed by atoms with E-state index in [4.69, 9.17) is 0 Å². The summed E-state index contributed by atoms with van der Waals surface area (Å²) >= 11 is 0. The van der Waals surface area contributed by atoms with Crippen molar-refractivity contribution >= 4 is 11.6 Å². The lowest BCUT2D eigenvalue weighted by molar-refractivity contribution is -0.390. The van der Waals surface area contributed by atoms with Gasteiger partial charge in [0.25, 0.3) is 0 Å². The third-order valence-corrected chi connectivity index (χ3v) is 2.01. The molecule has 0 spiro atoms. The molecule has 1 rings (SSSR count). The zero-order valence-corrected chi connectivity index (χ0v) is 8.77. The smallest absolute Gasteiger partial charge is 0.358 e. The van der Waals surface area contributed by atoms with E-state index in [-0.39, 0.29) is 11.6 Å². The molecule has 15 heavy (non-hydrogen) atoms. The van der Waals surface area contributed by atoms with Crippen molar-refractivity contribution in [3.8, 4) is 0 Å². The molecule has 0 aliphatic heterocycles. The minimum Gasteiger partial charge on any atom is -0.358 e. The molecule has 6 nitrogen and oxygen atoms in total. The minimum atomic E-state index is -0.503. The molecule has 0 saturated heterocycles. The third-order valence-electron chi connectivity index (χ3n) is 2.01. The molecule has 1 aromatic heterocycles. The predicted molar refractivity (Wildman–Crippen MR) is 53.5 cm³/mol. The lowest BCUT2D eigenvalue weighted by Crippen LogP contribution is -2.01. The maximum Gasteiger partial charge on any atom is 0.392 e. The van der Waals surface area contributed by atoms with Gasteiger partial charge in [0.2, 0.25) is 0 Å². The van der Waals surface area contributed by atoms with Crippen LogP contribution in [0.15, 0.2) is 6.20 Å². The maximum absolute atomic E-state index is 10.7. The van der Waals surface area contributed by atoms with Crippen LogP contribution in [0.1, 0.15) is 25.3 Å². The molecule has 0 N–H and O–H groups in total. The Labute approximate surface area is 87.0 Å². The fraction of sp³-hybridized carbons (Fsp3) is 0.556. The molecular formula is C9H13N3O3. The quantitative estimate of drug-likeness (QED) is 0.545. The molecule has 82 valence electrons. The number of hydrogen-bond acceptors (Lipinski definition) is 4. The van der Waals surface area contributed by atoms with Gasteiger partial charge >= 0.3 is 5.82 Å². The van der Waals surface area contributed by atoms with E-state index in [9.17, 15) is 14.9 Å². The van der Waals surface area contributed by atoms with Crippen LogP contribution in [0.4, 0.5) is 5.82 Å². The largest absolute Gasteiger partial charge is 0.392 e. The average molecular weight is 211 g/mol. The molecule has 1 aromatic rings. The Morgan fingerprint density at radius 3 is 2.80 bits per heavy atom. The van der Waals surface area contributed by atoms with E-state index in [0.717, 1.165) is 0 Å². The summed E-state index contributed by atoms with van der Waals surface area (Å²) in [6, 6.07) is 0. The molecule has 0 aliphatic rings. The molecule has 0 radical (unpaired) electrons. The highest BCUT2D eigenvalue weighted by Crippen LogP contribution is 2.14. The van der Waals surface area contributed by atoms with E-state index < -0.39 is 4.92 Å². The average Bonchev–Trinajstić information content (AvgIpc) is 2.46. The van der Waals surface area contributed by atoms with Crippen molar-refractivity contribution in [3.63, 3.8) is 0 Å². The van der Waals surface area contributed by atoms with Crippen molar-refractivity contribution in [1.29, 1.82) is 0 Å². The van der Waals surface area contributed by atoms with Crippen LogP contribution >= 0.6 is 0 Å². The minimum absolute atomic E-state index is 0.113. The third kappa shape index (κ3) is 3.16. The lowest BCUT2D eigenvalue weighted by atomic mass is 10.2. The summed E-state index contributed by atoms with van der Waals surface area (Å²) in [5, 5.41) is 14.3. The first-order valence-electron chi connectivity index (χ1n) is 4.68. The van der Waals surface area contributed by atoms with Gasteiger partial charge in [-0.3, -0.25) is 0 Å². The highest BCUT2D eigenvalue weighted by atomic mass is 16.6. The van der Waals surface area contributed by atoms with Crippen molar-refractivity contribution in [2.75, 3.05) is 0 Å². The Morgan fingerprint density at radius 2 is 2.33 bits per heavy atom. The van der Waals surface area contributed by atoms with Crippen LogP contribution in [-0.2, 0) is 11.3 Å². The van der Waals surface area contributed by atoms with E-state index in [1.54, 1.807) is 13.1 Å². The second-order valence-electron chi connectivity index (χ2n) is 3.46. The normalized spacial score (nSPS) is 10.3. The van der Waals surface area contributed by atoms with Crippen LogP contribution in [0.2, 0.25) is 0 Å². The fourth-order valence-electron chi connectivity index (χ4n) is 1.30. The van der Waals surface area contributed by atoms with Crippen molar-refractivity contribution in [1.82, 2.24) is 9.78 Å². The number of Topliss-reactive ketones (excluding diaryl/α,β-unsaturated/α-hetero) is 1. The molecule has 0 fully saturated rings. The molecule has 0 aromatic carbocycles. The fourth-order valence-corrected chi connectivity index (χ4v) is 1.30. The number of aromatic nitrogens is 2. The summed E-state index contributed by atoms with van der Waals surface area (Å²) in [7, 11) is 0. The number of nitro groups is 1. The molecule has 6 heteroatoms. The van der Waals surface area contributed by atoms with Gasteiger partial charge in [0.05, 0.1) is 23.4 Å². The van der Waals surface area contributed by atoms with E-state index in [1.165, 1.54) is 11.6 Å². The van der Waals surface area contributed by atoms with Crippen LogP contribution in [0.25, 0.3) is 0 Å². The van der Waals surface area contributed by atoms with Gasteiger partial charge in [-0.25, -0.2) is 0 Å². The van der Waals surface area contributed by atoms with Crippen molar-refractivity contribution < 1.29 is 9.72 Å². The molecular weight excluding hydrogens is 198 g/mol. The molecule has 1 heterocycles. The molecule has 0 bridgehead atoms. The number of carbonyl (C=O) groups is 1. The van der Waals surface area contributed by atoms with Gasteiger partial charge in [-0.05, 0) is 25.2 Å². The second-order valence-corrected chi connectivity index (χ2v) is 3.46. The van der Waals surface area contributed by atoms with Crippen LogP contribution in [0.5, 0.6) is 0 Å². The van der Waals surface area contributed by atoms with Crippen LogP contribution in [0.3, 0.4) is 0 Å². The van der Waals surface area contributed by atoms with Crippen molar-refractivity contribution in [2.24, 2.45) is 0 Å². The van der Waals surface area contributed by atoms with Gasteiger partial charge in [-0.15, -0.1) is 0 Å². The van der Waals surface area contributed by atoms with Crippen molar-refractivity contribution in [2.45, 2.75) is 33.2 Å². The Balaban J connectivity index is 2.59. The van der Waals surface area contributed by atoms with Gasteiger partial charge in [0.15, 0.2) is 0 Å². The first-order chi connectivity index (χ1) is 7.00. The number of nitrogens with zero attached hydrogens (tertiary/aromatic N) is 3. The summed E-state index contributed by atoms with van der Waals surface area (Å²) < 4.78 is 1.51. The number of carbonyl (C=O) groups excluding carboxylic acids is 1. The summed E-state index contributed by atoms with van der Waals surface area (Å²) in [4.78, 5) is 20.7. The standard InChI is InChI=1S/C9H13N3O3/c1-7-6-11(5-3-4-8(2)13)10-9(7)12(14)15/h6H,3-5H2,1-2H3. The highest BCUT2D eigenvalue weighted by molar-refractivity contribution is 5.75. The SMILES string of the molecule is CC(=O)CCCn1cc(C)c([N+](=O)[O-])n1. The molecule has 0 atom stereocenters. The lowest BCUT2D eigenvalue weighted by Gasteiger charge is -1.94. The van der Waals surface area contributed by atoms with Crippen LogP contribution < -0.4 is 0 Å². The molecule has 0 unspecified atom stereocenters. The van der Waals surface area contributed by atoms with Gasteiger partial charge in [-0.2, -0.15) is 4.68 Å². The predicted octanol–water partition coefficient (Wildman–Crippen LogP) is 1.47. The molecule has 0 amide bonds. The van der Waals surface area contributed by atoms with Gasteiger partial charge in [0, 0.05) is 6.42 Å². The van der Waals surface area contributed by atoms with E-state index >= 15 is 0 Å². The topological polar surface area (TPSA) is 78.0 Å². The van der Waals surface area contributed by atoms with E-state index in [2.05, 4.69) is 5.10 Å². The number of rotatable bonds is 5. The number of ketones is 1. The van der Waals surface area contributed by atoms with Crippen LogP contribution in [0, 0.1) is 17.0 Å². The first kappa shape index (κ1) is 11.4. The zero-order chi connectivity index (χ0) is 11.4. The Kier molecular flexibility index (Phi) is 3.54. The van der Waals surface area contributed by atoms with Crippen molar-refractivity contribution in [3.05, 3.63) is 21.9 Å². The Morgan fingerprint density at radius 1 is 1.67 bits per heavy atom. The monoisotopic (exact) mass is 211 g/mol. The number of hydrogen-bond donors (Lipinski definition) is 0. The Bertz CT molecular complexity index is 384. The first-order valence-corrected chi connectivity index (χ1v) is 4.68. The maximum atomic E-state index is 10.7. The summed E-state index contributed by atoms with van der Waals surface area (Å²) in [6.07, 6.45) is 2.76. The van der Waals surface area contributed by atoms with Crippen LogP contribution in [-0.4, -0.2) is 20.5 Å².